The number of anilines is 4. The summed E-state index contributed by atoms with van der Waals surface area (Å²) in [6.45, 7) is 12.0. The largest absolute Gasteiger partial charge is 1.00 e. The molecule has 344 valence electrons. The molecule has 2 heterocycles. The van der Waals surface area contributed by atoms with Crippen molar-refractivity contribution in [3.8, 4) is 22.3 Å². The quantitative estimate of drug-likeness (QED) is 0.0647. The van der Waals surface area contributed by atoms with Crippen LogP contribution in [-0.2, 0) is 9.47 Å². The molecule has 0 aliphatic carbocycles. The third-order valence-corrected chi connectivity index (χ3v) is 8.74. The summed E-state index contributed by atoms with van der Waals surface area (Å²) in [4.78, 5) is 81.0. The van der Waals surface area contributed by atoms with Gasteiger partial charge in [0.05, 0.1) is 28.3 Å². The Kier molecular flexibility index (Phi) is 20.4. The van der Waals surface area contributed by atoms with Crippen molar-refractivity contribution < 1.29 is 67.7 Å². The van der Waals surface area contributed by atoms with Crippen LogP contribution in [0, 0.1) is 0 Å². The molecule has 0 radical (unpaired) electrons. The standard InChI is InChI=1S/C25H25N3O4.C24H23N3O5.CH4.Li.H2O/c1-16(29)17-7-9-18(10-8-17)23(30)27-22-14-19(20-6-5-13-26-15-20)11-12-21(22)28-24(31)32-25(2,3)4;1-24(2,3)32-23(31)27-19-11-10-17(18-5-4-12-25-14-18)13-20(19)26-21(28)15-6-8-16(9-7-15)22(29)30;;;/h5-15H,1-4H3,(H,27,30)(H,28,31);4-14H,1-3H3,(H,26,28)(H,27,31)(H,29,30);1H4;;1H2/q;;;+1;/p-1. The maximum Gasteiger partial charge on any atom is 1.00 e. The summed E-state index contributed by atoms with van der Waals surface area (Å²) in [7, 11) is 0. The predicted octanol–water partition coefficient (Wildman–Crippen LogP) is 8.06. The van der Waals surface area contributed by atoms with Gasteiger partial charge in [0.2, 0.25) is 0 Å². The number of benzene rings is 4. The number of carbonyl (C=O) groups is 6. The smallest absolute Gasteiger partial charge is 0.870 e. The van der Waals surface area contributed by atoms with Crippen LogP contribution in [0.25, 0.3) is 22.3 Å². The summed E-state index contributed by atoms with van der Waals surface area (Å²) in [5, 5.41) is 20.0. The topological polar surface area (TPSA) is 245 Å². The fourth-order valence-electron chi connectivity index (χ4n) is 5.78. The van der Waals surface area contributed by atoms with E-state index in [-0.39, 0.29) is 54.6 Å². The second kappa shape index (κ2) is 24.6. The molecule has 4 aromatic carbocycles. The number of pyridine rings is 2. The summed E-state index contributed by atoms with van der Waals surface area (Å²) >= 11 is 0. The molecular formula is C50H53LiN6O10. The zero-order valence-corrected chi connectivity index (χ0v) is 37.8. The first kappa shape index (κ1) is 55.5. The number of nitrogens with one attached hydrogen (secondary N) is 4. The summed E-state index contributed by atoms with van der Waals surface area (Å²) in [6.07, 6.45) is 5.44. The van der Waals surface area contributed by atoms with Gasteiger partial charge >= 0.3 is 37.0 Å². The molecular weight excluding hydrogens is 852 g/mol. The third-order valence-electron chi connectivity index (χ3n) is 8.74. The van der Waals surface area contributed by atoms with E-state index in [1.165, 1.54) is 31.2 Å². The second-order valence-electron chi connectivity index (χ2n) is 16.2. The van der Waals surface area contributed by atoms with Gasteiger partial charge < -0.3 is 30.7 Å². The van der Waals surface area contributed by atoms with Crippen molar-refractivity contribution in [2.75, 3.05) is 21.3 Å². The average Bonchev–Trinajstić information content (AvgIpc) is 3.24. The van der Waals surface area contributed by atoms with Gasteiger partial charge in [0.15, 0.2) is 5.78 Å². The van der Waals surface area contributed by atoms with Crippen molar-refractivity contribution in [3.05, 3.63) is 156 Å². The number of aromatic nitrogens is 2. The Labute approximate surface area is 401 Å². The number of carboxylic acid groups (broad SMARTS) is 1. The van der Waals surface area contributed by atoms with E-state index in [4.69, 9.17) is 14.6 Å². The molecule has 6 aromatic rings. The molecule has 17 heteroatoms. The van der Waals surface area contributed by atoms with Gasteiger partial charge in [0, 0.05) is 52.6 Å². The number of nitrogens with zero attached hydrogens (tertiary/aromatic N) is 2. The van der Waals surface area contributed by atoms with Gasteiger partial charge in [-0.1, -0.05) is 43.8 Å². The number of hydrogen-bond acceptors (Lipinski definition) is 11. The van der Waals surface area contributed by atoms with Crippen molar-refractivity contribution in [2.24, 2.45) is 0 Å². The van der Waals surface area contributed by atoms with Gasteiger partial charge in [0.25, 0.3) is 11.8 Å². The first-order valence-electron chi connectivity index (χ1n) is 19.9. The Morgan fingerprint density at radius 2 is 0.851 bits per heavy atom. The van der Waals surface area contributed by atoms with Gasteiger partial charge in [-0.2, -0.15) is 0 Å². The minimum Gasteiger partial charge on any atom is -0.870 e. The van der Waals surface area contributed by atoms with Gasteiger partial charge in [-0.25, -0.2) is 14.4 Å². The molecule has 0 saturated heterocycles. The van der Waals surface area contributed by atoms with Crippen LogP contribution in [0.1, 0.15) is 97.3 Å². The van der Waals surface area contributed by atoms with Crippen molar-refractivity contribution in [1.82, 2.24) is 9.97 Å². The van der Waals surface area contributed by atoms with Crippen LogP contribution in [0.15, 0.2) is 134 Å². The van der Waals surface area contributed by atoms with Crippen LogP contribution in [-0.4, -0.2) is 67.5 Å². The molecule has 67 heavy (non-hydrogen) atoms. The summed E-state index contributed by atoms with van der Waals surface area (Å²) < 4.78 is 10.6. The number of ketones is 1. The summed E-state index contributed by atoms with van der Waals surface area (Å²) in [5.74, 6) is -2.00. The minimum absolute atomic E-state index is 0. The molecule has 0 aliphatic heterocycles. The molecule has 6 rings (SSSR count). The molecule has 4 amide bonds. The number of carbonyl (C=O) groups excluding carboxylic acids is 5. The van der Waals surface area contributed by atoms with E-state index in [0.717, 1.165) is 22.3 Å². The van der Waals surface area contributed by atoms with E-state index in [1.54, 1.807) is 127 Å². The number of aromatic carboxylic acids is 1. The number of ether oxygens (including phenoxy) is 2. The fourth-order valence-corrected chi connectivity index (χ4v) is 5.78. The summed E-state index contributed by atoms with van der Waals surface area (Å²) in [6, 6.07) is 29.7. The van der Waals surface area contributed by atoms with Crippen LogP contribution in [0.3, 0.4) is 0 Å². The van der Waals surface area contributed by atoms with Crippen LogP contribution in [0.5, 0.6) is 0 Å². The van der Waals surface area contributed by atoms with Crippen molar-refractivity contribution in [2.45, 2.75) is 67.1 Å². The number of Topliss-reactive ketones (excluding diaryl/α,β-unsaturated/α-hetero) is 1. The first-order valence-corrected chi connectivity index (χ1v) is 19.9. The molecule has 6 N–H and O–H groups in total. The summed E-state index contributed by atoms with van der Waals surface area (Å²) in [5.41, 5.74) is 4.67. The second-order valence-corrected chi connectivity index (χ2v) is 16.2. The molecule has 0 aliphatic rings. The third kappa shape index (κ3) is 17.0. The van der Waals surface area contributed by atoms with Crippen LogP contribution < -0.4 is 40.1 Å². The zero-order chi connectivity index (χ0) is 46.6. The van der Waals surface area contributed by atoms with Crippen molar-refractivity contribution in [3.63, 3.8) is 0 Å². The molecule has 0 spiro atoms. The van der Waals surface area contributed by atoms with E-state index in [2.05, 4.69) is 31.2 Å². The normalized spacial score (nSPS) is 10.4. The molecule has 0 bridgehead atoms. The van der Waals surface area contributed by atoms with Crippen LogP contribution >= 0.6 is 0 Å². The van der Waals surface area contributed by atoms with E-state index in [1.807, 2.05) is 24.3 Å². The van der Waals surface area contributed by atoms with Gasteiger partial charge in [-0.05, 0) is 132 Å². The Morgan fingerprint density at radius 1 is 0.493 bits per heavy atom. The van der Waals surface area contributed by atoms with E-state index < -0.39 is 35.3 Å². The Bertz CT molecular complexity index is 2470. The van der Waals surface area contributed by atoms with Crippen molar-refractivity contribution >= 4 is 58.5 Å². The van der Waals surface area contributed by atoms with Gasteiger partial charge in [-0.15, -0.1) is 0 Å². The van der Waals surface area contributed by atoms with Crippen LogP contribution in [0.2, 0.25) is 0 Å². The molecule has 0 atom stereocenters. The number of amides is 4. The Hall–Kier alpha value is -7.64. The van der Waals surface area contributed by atoms with Gasteiger partial charge in [-0.3, -0.25) is 35.0 Å². The van der Waals surface area contributed by atoms with Crippen molar-refractivity contribution in [1.29, 1.82) is 0 Å². The maximum atomic E-state index is 12.9. The van der Waals surface area contributed by atoms with Gasteiger partial charge in [0.1, 0.15) is 11.2 Å². The molecule has 0 saturated carbocycles. The SMILES string of the molecule is C.CC(=O)c1ccc(C(=O)Nc2cc(-c3cccnc3)ccc2NC(=O)OC(C)(C)C)cc1.CC(C)(C)OC(=O)Nc1ccc(-c2cccnc2)cc1NC(=O)c1ccc(C(=O)O)cc1.[Li+].[OH-]. The van der Waals surface area contributed by atoms with Crippen LogP contribution in [0.4, 0.5) is 32.3 Å². The molecule has 0 unspecified atom stereocenters. The molecule has 16 nitrogen and oxygen atoms in total. The average molecular weight is 905 g/mol. The maximum absolute atomic E-state index is 12.9. The molecule has 0 fully saturated rings. The Morgan fingerprint density at radius 3 is 1.16 bits per heavy atom. The number of carboxylic acids is 1. The zero-order valence-electron chi connectivity index (χ0n) is 37.8. The van der Waals surface area contributed by atoms with E-state index in [9.17, 15) is 28.8 Å². The monoisotopic (exact) mass is 904 g/mol. The minimum atomic E-state index is -1.08. The fraction of sp³-hybridized carbons (Fsp3) is 0.200. The predicted molar refractivity (Wildman–Crippen MR) is 253 cm³/mol. The number of rotatable bonds is 10. The van der Waals surface area contributed by atoms with E-state index >= 15 is 0 Å². The Balaban J connectivity index is 0.000000440. The first-order chi connectivity index (χ1) is 30.2. The van der Waals surface area contributed by atoms with E-state index in [0.29, 0.717) is 33.9 Å². The number of hydrogen-bond donors (Lipinski definition) is 5. The molecule has 2 aromatic heterocycles.